The summed E-state index contributed by atoms with van der Waals surface area (Å²) >= 11 is 0. The molecule has 2 aliphatic rings. The molecule has 11 heteroatoms. The van der Waals surface area contributed by atoms with Gasteiger partial charge in [-0.2, -0.15) is 4.98 Å². The highest BCUT2D eigenvalue weighted by Gasteiger charge is 2.26. The number of hydrogen-bond acceptors (Lipinski definition) is 8. The standard InChI is InChI=1S/C23H29N9O2/c1-30(2)21(34)18-11-15-12-27-23(28-19(15)32(18)17-5-3-4-6-17)29-22-25-13-16(14-26-22)20(33)31-9-7-24-8-10-31/h11-14,17,24H,3-10H2,1-2H3,(H,25,26,27,28,29). The molecule has 4 heterocycles. The predicted octanol–water partition coefficient (Wildman–Crippen LogP) is 1.83. The van der Waals surface area contributed by atoms with E-state index in [9.17, 15) is 9.59 Å². The van der Waals surface area contributed by atoms with E-state index in [2.05, 4.69) is 30.2 Å². The lowest BCUT2D eigenvalue weighted by Gasteiger charge is -2.27. The lowest BCUT2D eigenvalue weighted by Crippen LogP contribution is -2.46. The average molecular weight is 464 g/mol. The Morgan fingerprint density at radius 2 is 1.71 bits per heavy atom. The summed E-state index contributed by atoms with van der Waals surface area (Å²) in [4.78, 5) is 46.6. The van der Waals surface area contributed by atoms with Gasteiger partial charge in [-0.15, -0.1) is 0 Å². The molecule has 1 saturated heterocycles. The lowest BCUT2D eigenvalue weighted by molar-refractivity contribution is 0.0734. The second-order valence-electron chi connectivity index (χ2n) is 8.97. The first-order valence-corrected chi connectivity index (χ1v) is 11.7. The van der Waals surface area contributed by atoms with Gasteiger partial charge < -0.3 is 19.7 Å². The smallest absolute Gasteiger partial charge is 0.270 e. The van der Waals surface area contributed by atoms with Gasteiger partial charge >= 0.3 is 0 Å². The summed E-state index contributed by atoms with van der Waals surface area (Å²) < 4.78 is 2.06. The first-order valence-electron chi connectivity index (χ1n) is 11.7. The molecule has 0 bridgehead atoms. The van der Waals surface area contributed by atoms with Crippen LogP contribution in [-0.2, 0) is 0 Å². The van der Waals surface area contributed by atoms with Crippen LogP contribution < -0.4 is 10.6 Å². The fourth-order valence-corrected chi connectivity index (χ4v) is 4.65. The van der Waals surface area contributed by atoms with Crippen LogP contribution in [0, 0.1) is 0 Å². The van der Waals surface area contributed by atoms with E-state index >= 15 is 0 Å². The van der Waals surface area contributed by atoms with Gasteiger partial charge in [-0.3, -0.25) is 14.9 Å². The van der Waals surface area contributed by atoms with Gasteiger partial charge in [0.2, 0.25) is 11.9 Å². The summed E-state index contributed by atoms with van der Waals surface area (Å²) in [6.45, 7) is 2.92. The van der Waals surface area contributed by atoms with E-state index < -0.39 is 0 Å². The Bertz CT molecular complexity index is 1190. The molecule has 5 rings (SSSR count). The number of carbonyl (C=O) groups excluding carboxylic acids is 2. The zero-order valence-electron chi connectivity index (χ0n) is 19.5. The second kappa shape index (κ2) is 9.34. The fourth-order valence-electron chi connectivity index (χ4n) is 4.65. The van der Waals surface area contributed by atoms with Crippen LogP contribution in [0.1, 0.15) is 52.6 Å². The van der Waals surface area contributed by atoms with Gasteiger partial charge in [0, 0.05) is 70.3 Å². The Morgan fingerprint density at radius 3 is 2.38 bits per heavy atom. The third kappa shape index (κ3) is 4.30. The number of piperazine rings is 1. The largest absolute Gasteiger partial charge is 0.343 e. The van der Waals surface area contributed by atoms with Gasteiger partial charge in [0.1, 0.15) is 11.3 Å². The molecule has 34 heavy (non-hydrogen) atoms. The molecule has 0 atom stereocenters. The molecular formula is C23H29N9O2. The molecule has 3 aromatic heterocycles. The lowest BCUT2D eigenvalue weighted by atomic mass is 10.2. The Kier molecular flexibility index (Phi) is 6.10. The van der Waals surface area contributed by atoms with Crippen molar-refractivity contribution in [2.45, 2.75) is 31.7 Å². The molecule has 11 nitrogen and oxygen atoms in total. The van der Waals surface area contributed by atoms with E-state index in [1.165, 1.54) is 12.4 Å². The van der Waals surface area contributed by atoms with E-state index in [-0.39, 0.29) is 17.9 Å². The number of aromatic nitrogens is 5. The van der Waals surface area contributed by atoms with Gasteiger partial charge in [0.05, 0.1) is 5.56 Å². The second-order valence-corrected chi connectivity index (χ2v) is 8.97. The summed E-state index contributed by atoms with van der Waals surface area (Å²) in [5.74, 6) is 0.528. The quantitative estimate of drug-likeness (QED) is 0.588. The molecule has 0 spiro atoms. The van der Waals surface area contributed by atoms with Crippen LogP contribution in [0.3, 0.4) is 0 Å². The van der Waals surface area contributed by atoms with E-state index in [4.69, 9.17) is 4.98 Å². The van der Waals surface area contributed by atoms with E-state index in [1.807, 2.05) is 6.07 Å². The zero-order chi connectivity index (χ0) is 23.7. The molecule has 2 fully saturated rings. The highest BCUT2D eigenvalue weighted by molar-refractivity contribution is 5.98. The molecule has 1 saturated carbocycles. The van der Waals surface area contributed by atoms with Crippen LogP contribution in [0.2, 0.25) is 0 Å². The van der Waals surface area contributed by atoms with Crippen molar-refractivity contribution in [2.75, 3.05) is 45.6 Å². The molecule has 1 aliphatic carbocycles. The molecule has 2 amide bonds. The monoisotopic (exact) mass is 463 g/mol. The van der Waals surface area contributed by atoms with Crippen LogP contribution in [-0.4, -0.2) is 86.4 Å². The molecule has 2 N–H and O–H groups in total. The Hall–Kier alpha value is -3.60. The van der Waals surface area contributed by atoms with Crippen LogP contribution in [0.25, 0.3) is 11.0 Å². The van der Waals surface area contributed by atoms with Gasteiger partial charge in [0.25, 0.3) is 11.8 Å². The van der Waals surface area contributed by atoms with Crippen molar-refractivity contribution in [3.63, 3.8) is 0 Å². The highest BCUT2D eigenvalue weighted by atomic mass is 16.2. The van der Waals surface area contributed by atoms with Crippen molar-refractivity contribution in [1.29, 1.82) is 0 Å². The maximum atomic E-state index is 12.9. The first-order chi connectivity index (χ1) is 16.5. The number of nitrogens with zero attached hydrogens (tertiary/aromatic N) is 7. The minimum Gasteiger partial charge on any atom is -0.343 e. The SMILES string of the molecule is CN(C)C(=O)c1cc2cnc(Nc3ncc(C(=O)N4CCNCC4)cn3)nc2n1C1CCCC1. The third-order valence-electron chi connectivity index (χ3n) is 6.42. The molecule has 0 aromatic carbocycles. The molecule has 178 valence electrons. The maximum absolute atomic E-state index is 12.9. The van der Waals surface area contributed by atoms with E-state index in [1.54, 1.807) is 30.1 Å². The number of rotatable bonds is 5. The average Bonchev–Trinajstić information content (AvgIpc) is 3.51. The zero-order valence-corrected chi connectivity index (χ0v) is 19.5. The number of amides is 2. The summed E-state index contributed by atoms with van der Waals surface area (Å²) in [6.07, 6.45) is 9.09. The van der Waals surface area contributed by atoms with Crippen molar-refractivity contribution in [3.8, 4) is 0 Å². The minimum absolute atomic E-state index is 0.0486. The fraction of sp³-hybridized carbons (Fsp3) is 0.478. The van der Waals surface area contributed by atoms with Crippen molar-refractivity contribution in [1.82, 2.24) is 39.6 Å². The number of carbonyl (C=O) groups is 2. The van der Waals surface area contributed by atoms with E-state index in [0.29, 0.717) is 36.2 Å². The first kappa shape index (κ1) is 22.2. The van der Waals surface area contributed by atoms with Crippen LogP contribution in [0.4, 0.5) is 11.9 Å². The van der Waals surface area contributed by atoms with Gasteiger partial charge in [-0.05, 0) is 18.9 Å². The van der Waals surface area contributed by atoms with Crippen LogP contribution in [0.15, 0.2) is 24.7 Å². The summed E-state index contributed by atoms with van der Waals surface area (Å²) in [7, 11) is 3.51. The maximum Gasteiger partial charge on any atom is 0.270 e. The van der Waals surface area contributed by atoms with Crippen LogP contribution in [0.5, 0.6) is 0 Å². The molecule has 3 aromatic rings. The summed E-state index contributed by atoms with van der Waals surface area (Å²) in [5, 5.41) is 7.09. The van der Waals surface area contributed by atoms with Gasteiger partial charge in [0.15, 0.2) is 0 Å². The Balaban J connectivity index is 1.40. The number of hydrogen-bond donors (Lipinski definition) is 2. The normalized spacial score (nSPS) is 16.7. The number of nitrogens with one attached hydrogen (secondary N) is 2. The highest BCUT2D eigenvalue weighted by Crippen LogP contribution is 2.34. The van der Waals surface area contributed by atoms with Crippen molar-refractivity contribution in [2.24, 2.45) is 0 Å². The summed E-state index contributed by atoms with van der Waals surface area (Å²) in [5.41, 5.74) is 1.80. The third-order valence-corrected chi connectivity index (χ3v) is 6.42. The predicted molar refractivity (Wildman–Crippen MR) is 127 cm³/mol. The summed E-state index contributed by atoms with van der Waals surface area (Å²) in [6, 6.07) is 2.11. The van der Waals surface area contributed by atoms with Gasteiger partial charge in [-0.1, -0.05) is 12.8 Å². The minimum atomic E-state index is -0.0711. The van der Waals surface area contributed by atoms with Crippen LogP contribution >= 0.6 is 0 Å². The van der Waals surface area contributed by atoms with Crippen molar-refractivity contribution in [3.05, 3.63) is 35.9 Å². The van der Waals surface area contributed by atoms with Gasteiger partial charge in [-0.25, -0.2) is 15.0 Å². The Morgan fingerprint density at radius 1 is 1.03 bits per heavy atom. The van der Waals surface area contributed by atoms with Crippen molar-refractivity contribution >= 4 is 34.7 Å². The molecule has 1 aliphatic heterocycles. The molecular weight excluding hydrogens is 434 g/mol. The molecule has 0 radical (unpaired) electrons. The Labute approximate surface area is 197 Å². The topological polar surface area (TPSA) is 121 Å². The van der Waals surface area contributed by atoms with Crippen molar-refractivity contribution < 1.29 is 9.59 Å². The van der Waals surface area contributed by atoms with E-state index in [0.717, 1.165) is 49.8 Å². The number of anilines is 2. The number of fused-ring (bicyclic) bond motifs is 1. The molecule has 0 unspecified atom stereocenters.